The van der Waals surface area contributed by atoms with E-state index in [1.54, 1.807) is 0 Å². The molecule has 0 aromatic heterocycles. The van der Waals surface area contributed by atoms with E-state index in [1.165, 1.54) is 12.8 Å². The minimum atomic E-state index is -0.0582. The van der Waals surface area contributed by atoms with Crippen LogP contribution < -0.4 is 5.73 Å². The lowest BCUT2D eigenvalue weighted by molar-refractivity contribution is -0.170. The summed E-state index contributed by atoms with van der Waals surface area (Å²) >= 11 is 0. The van der Waals surface area contributed by atoms with E-state index < -0.39 is 0 Å². The van der Waals surface area contributed by atoms with E-state index in [2.05, 4.69) is 0 Å². The van der Waals surface area contributed by atoms with E-state index in [4.69, 9.17) is 19.9 Å². The molecule has 3 aliphatic rings. The minimum Gasteiger partial charge on any atom is -0.378 e. The first-order valence-electron chi connectivity index (χ1n) is 7.36. The Labute approximate surface area is 109 Å². The summed E-state index contributed by atoms with van der Waals surface area (Å²) in [5.74, 6) is 0. The SMILES string of the molecule is NCC1(OC2CCOC3(CCOC3)C2)CCCC1. The first-order chi connectivity index (χ1) is 8.76. The lowest BCUT2D eigenvalue weighted by Crippen LogP contribution is -2.48. The van der Waals surface area contributed by atoms with Crippen LogP contribution in [0.4, 0.5) is 0 Å². The molecular weight excluding hydrogens is 230 g/mol. The molecule has 3 rings (SSSR count). The summed E-state index contributed by atoms with van der Waals surface area (Å²) in [6, 6.07) is 0. The molecule has 1 aliphatic carbocycles. The van der Waals surface area contributed by atoms with Crippen molar-refractivity contribution in [2.75, 3.05) is 26.4 Å². The molecular formula is C14H25NO3. The molecule has 4 nitrogen and oxygen atoms in total. The van der Waals surface area contributed by atoms with Crippen LogP contribution >= 0.6 is 0 Å². The first kappa shape index (κ1) is 12.9. The zero-order chi connectivity index (χ0) is 12.5. The largest absolute Gasteiger partial charge is 0.378 e. The van der Waals surface area contributed by atoms with E-state index in [0.29, 0.717) is 12.6 Å². The van der Waals surface area contributed by atoms with E-state index in [0.717, 1.165) is 51.9 Å². The smallest absolute Gasteiger partial charge is 0.0961 e. The molecule has 2 N–H and O–H groups in total. The summed E-state index contributed by atoms with van der Waals surface area (Å²) in [5, 5.41) is 0. The molecule has 1 spiro atoms. The molecule has 3 fully saturated rings. The highest BCUT2D eigenvalue weighted by Crippen LogP contribution is 2.39. The quantitative estimate of drug-likeness (QED) is 0.832. The Balaban J connectivity index is 1.62. The van der Waals surface area contributed by atoms with Gasteiger partial charge in [0.25, 0.3) is 0 Å². The third-order valence-electron chi connectivity index (χ3n) is 4.82. The molecule has 0 bridgehead atoms. The zero-order valence-corrected chi connectivity index (χ0v) is 11.2. The fourth-order valence-corrected chi connectivity index (χ4v) is 3.69. The second-order valence-corrected chi connectivity index (χ2v) is 6.16. The van der Waals surface area contributed by atoms with E-state index in [9.17, 15) is 0 Å². The lowest BCUT2D eigenvalue weighted by atomic mass is 9.90. The molecule has 0 aromatic rings. The summed E-state index contributed by atoms with van der Waals surface area (Å²) in [7, 11) is 0. The van der Waals surface area contributed by atoms with Gasteiger partial charge >= 0.3 is 0 Å². The van der Waals surface area contributed by atoms with Crippen LogP contribution in [0.2, 0.25) is 0 Å². The highest BCUT2D eigenvalue weighted by molar-refractivity contribution is 4.94. The van der Waals surface area contributed by atoms with Crippen molar-refractivity contribution < 1.29 is 14.2 Å². The van der Waals surface area contributed by atoms with Crippen LogP contribution in [0.3, 0.4) is 0 Å². The van der Waals surface area contributed by atoms with Gasteiger partial charge in [0.1, 0.15) is 0 Å². The van der Waals surface area contributed by atoms with Gasteiger partial charge in [0, 0.05) is 32.6 Å². The number of ether oxygens (including phenoxy) is 3. The van der Waals surface area contributed by atoms with Crippen LogP contribution in [0, 0.1) is 0 Å². The summed E-state index contributed by atoms with van der Waals surface area (Å²) in [6.07, 6.45) is 8.08. The topological polar surface area (TPSA) is 53.7 Å². The Kier molecular flexibility index (Phi) is 3.63. The van der Waals surface area contributed by atoms with Gasteiger partial charge in [-0.15, -0.1) is 0 Å². The fraction of sp³-hybridized carbons (Fsp3) is 1.00. The van der Waals surface area contributed by atoms with Crippen molar-refractivity contribution in [2.45, 2.75) is 62.3 Å². The van der Waals surface area contributed by atoms with Gasteiger partial charge in [0.2, 0.25) is 0 Å². The van der Waals surface area contributed by atoms with Gasteiger partial charge in [-0.3, -0.25) is 0 Å². The van der Waals surface area contributed by atoms with Crippen molar-refractivity contribution in [3.05, 3.63) is 0 Å². The molecule has 0 aromatic carbocycles. The van der Waals surface area contributed by atoms with Crippen molar-refractivity contribution in [2.24, 2.45) is 5.73 Å². The fourth-order valence-electron chi connectivity index (χ4n) is 3.69. The van der Waals surface area contributed by atoms with Crippen molar-refractivity contribution in [3.63, 3.8) is 0 Å². The molecule has 2 aliphatic heterocycles. The van der Waals surface area contributed by atoms with Crippen LogP contribution in [-0.2, 0) is 14.2 Å². The predicted molar refractivity (Wildman–Crippen MR) is 68.5 cm³/mol. The van der Waals surface area contributed by atoms with Crippen LogP contribution in [0.25, 0.3) is 0 Å². The second kappa shape index (κ2) is 5.08. The summed E-state index contributed by atoms with van der Waals surface area (Å²) in [6.45, 7) is 3.03. The van der Waals surface area contributed by atoms with Crippen LogP contribution in [0.15, 0.2) is 0 Å². The number of nitrogens with two attached hydrogens (primary N) is 1. The Morgan fingerprint density at radius 1 is 1.17 bits per heavy atom. The molecule has 104 valence electrons. The van der Waals surface area contributed by atoms with Gasteiger partial charge < -0.3 is 19.9 Å². The van der Waals surface area contributed by atoms with Gasteiger partial charge in [-0.25, -0.2) is 0 Å². The van der Waals surface area contributed by atoms with Gasteiger partial charge in [-0.05, 0) is 19.3 Å². The number of rotatable bonds is 3. The summed E-state index contributed by atoms with van der Waals surface area (Å²) in [4.78, 5) is 0. The van der Waals surface area contributed by atoms with Crippen LogP contribution in [-0.4, -0.2) is 43.7 Å². The average molecular weight is 255 g/mol. The van der Waals surface area contributed by atoms with Crippen molar-refractivity contribution >= 4 is 0 Å². The zero-order valence-electron chi connectivity index (χ0n) is 11.2. The van der Waals surface area contributed by atoms with Crippen LogP contribution in [0.5, 0.6) is 0 Å². The average Bonchev–Trinajstić information content (AvgIpc) is 3.01. The van der Waals surface area contributed by atoms with Gasteiger partial charge in [-0.1, -0.05) is 12.8 Å². The third kappa shape index (κ3) is 2.44. The van der Waals surface area contributed by atoms with Gasteiger partial charge in [0.15, 0.2) is 0 Å². The Morgan fingerprint density at radius 2 is 2.00 bits per heavy atom. The van der Waals surface area contributed by atoms with E-state index in [-0.39, 0.29) is 11.2 Å². The van der Waals surface area contributed by atoms with Gasteiger partial charge in [-0.2, -0.15) is 0 Å². The third-order valence-corrected chi connectivity index (χ3v) is 4.82. The maximum Gasteiger partial charge on any atom is 0.0961 e. The Hall–Kier alpha value is -0.160. The summed E-state index contributed by atoms with van der Waals surface area (Å²) in [5.41, 5.74) is 5.85. The first-order valence-corrected chi connectivity index (χ1v) is 7.36. The highest BCUT2D eigenvalue weighted by Gasteiger charge is 2.44. The van der Waals surface area contributed by atoms with E-state index in [1.807, 2.05) is 0 Å². The lowest BCUT2D eigenvalue weighted by Gasteiger charge is -2.41. The molecule has 2 heterocycles. The maximum absolute atomic E-state index is 6.42. The van der Waals surface area contributed by atoms with Crippen molar-refractivity contribution in [1.82, 2.24) is 0 Å². The molecule has 18 heavy (non-hydrogen) atoms. The molecule has 0 radical (unpaired) electrons. The Morgan fingerprint density at radius 3 is 2.67 bits per heavy atom. The molecule has 1 saturated carbocycles. The van der Waals surface area contributed by atoms with Gasteiger partial charge in [0.05, 0.1) is 23.9 Å². The molecule has 0 amide bonds. The molecule has 2 unspecified atom stereocenters. The molecule has 2 saturated heterocycles. The van der Waals surface area contributed by atoms with E-state index >= 15 is 0 Å². The standard InChI is InChI=1S/C14H25NO3/c15-10-13(4-1-2-5-13)18-12-3-7-17-14(9-12)6-8-16-11-14/h12H,1-11,15H2. The second-order valence-electron chi connectivity index (χ2n) is 6.16. The normalized spacial score (nSPS) is 39.5. The molecule has 2 atom stereocenters. The maximum atomic E-state index is 6.42. The monoisotopic (exact) mass is 255 g/mol. The minimum absolute atomic E-state index is 0.0390. The number of hydrogen-bond donors (Lipinski definition) is 1. The Bertz CT molecular complexity index is 283. The van der Waals surface area contributed by atoms with Crippen LogP contribution in [0.1, 0.15) is 44.9 Å². The number of hydrogen-bond acceptors (Lipinski definition) is 4. The van der Waals surface area contributed by atoms with Crippen molar-refractivity contribution in [1.29, 1.82) is 0 Å². The molecule has 4 heteroatoms. The highest BCUT2D eigenvalue weighted by atomic mass is 16.6. The van der Waals surface area contributed by atoms with Crippen molar-refractivity contribution in [3.8, 4) is 0 Å². The summed E-state index contributed by atoms with van der Waals surface area (Å²) < 4.78 is 17.9. The predicted octanol–water partition coefficient (Wildman–Crippen LogP) is 1.61.